The first kappa shape index (κ1) is 17.5. The Morgan fingerprint density at radius 1 is 1.21 bits per heavy atom. The van der Waals surface area contributed by atoms with Gasteiger partial charge in [-0.1, -0.05) is 49.5 Å². The third-order valence-electron chi connectivity index (χ3n) is 4.44. The van der Waals surface area contributed by atoms with Crippen molar-refractivity contribution < 1.29 is 4.74 Å². The van der Waals surface area contributed by atoms with Crippen molar-refractivity contribution in [2.75, 3.05) is 25.0 Å². The van der Waals surface area contributed by atoms with E-state index in [-0.39, 0.29) is 0 Å². The Kier molecular flexibility index (Phi) is 7.93. The zero-order valence-electron chi connectivity index (χ0n) is 13.3. The van der Waals surface area contributed by atoms with Gasteiger partial charge < -0.3 is 4.74 Å². The van der Waals surface area contributed by atoms with Crippen molar-refractivity contribution in [3.8, 4) is 0 Å². The maximum atomic E-state index is 5.83. The van der Waals surface area contributed by atoms with Crippen LogP contribution < -0.4 is 0 Å². The Balaban J connectivity index is 2.73. The summed E-state index contributed by atoms with van der Waals surface area (Å²) >= 11 is 3.80. The zero-order valence-corrected chi connectivity index (χ0v) is 14.8. The first-order valence-electron chi connectivity index (χ1n) is 8.02. The molecule has 0 bridgehead atoms. The average molecular weight is 334 g/mol. The fourth-order valence-corrected chi connectivity index (χ4v) is 4.17. The van der Waals surface area contributed by atoms with Crippen LogP contribution in [-0.2, 0) is 4.74 Å². The number of morpholine rings is 1. The van der Waals surface area contributed by atoms with E-state index in [1.807, 2.05) is 0 Å². The van der Waals surface area contributed by atoms with E-state index in [0.29, 0.717) is 17.6 Å². The van der Waals surface area contributed by atoms with Crippen molar-refractivity contribution in [1.82, 2.24) is 4.90 Å². The molecule has 1 aliphatic rings. The molecule has 0 aromatic carbocycles. The second kappa shape index (κ2) is 8.63. The van der Waals surface area contributed by atoms with E-state index in [0.717, 1.165) is 18.5 Å². The fourth-order valence-electron chi connectivity index (χ4n) is 3.43. The molecule has 2 unspecified atom stereocenters. The standard InChI is InChI=1S/C16H32BrNO/c1-5-8-16(12-17,9-6-2)13-18-10-14(4)19-11-15(18)7-3/h14-15H,5-13H2,1-4H3. The van der Waals surface area contributed by atoms with Gasteiger partial charge in [-0.2, -0.15) is 0 Å². The largest absolute Gasteiger partial charge is 0.376 e. The second-order valence-electron chi connectivity index (χ2n) is 6.27. The summed E-state index contributed by atoms with van der Waals surface area (Å²) in [6.07, 6.45) is 6.80. The predicted octanol–water partition coefficient (Wildman–Crippen LogP) is 4.47. The molecular formula is C16H32BrNO. The number of ether oxygens (including phenoxy) is 1. The lowest BCUT2D eigenvalue weighted by Gasteiger charge is -2.44. The highest BCUT2D eigenvalue weighted by atomic mass is 79.9. The Morgan fingerprint density at radius 3 is 2.32 bits per heavy atom. The maximum absolute atomic E-state index is 5.83. The van der Waals surface area contributed by atoms with E-state index in [4.69, 9.17) is 4.74 Å². The molecule has 1 fully saturated rings. The third kappa shape index (κ3) is 5.02. The summed E-state index contributed by atoms with van der Waals surface area (Å²) in [5.74, 6) is 0. The van der Waals surface area contributed by atoms with E-state index < -0.39 is 0 Å². The Hall–Kier alpha value is 0.400. The highest BCUT2D eigenvalue weighted by molar-refractivity contribution is 9.09. The van der Waals surface area contributed by atoms with Crippen molar-refractivity contribution in [3.05, 3.63) is 0 Å². The van der Waals surface area contributed by atoms with Crippen molar-refractivity contribution in [2.24, 2.45) is 5.41 Å². The molecule has 0 saturated carbocycles. The fraction of sp³-hybridized carbons (Fsp3) is 1.00. The molecule has 0 N–H and O–H groups in total. The first-order chi connectivity index (χ1) is 9.10. The number of hydrogen-bond donors (Lipinski definition) is 0. The minimum Gasteiger partial charge on any atom is -0.376 e. The Labute approximate surface area is 128 Å². The van der Waals surface area contributed by atoms with Crippen LogP contribution in [-0.4, -0.2) is 42.1 Å². The summed E-state index contributed by atoms with van der Waals surface area (Å²) in [6, 6.07) is 0.614. The topological polar surface area (TPSA) is 12.5 Å². The smallest absolute Gasteiger partial charge is 0.0674 e. The van der Waals surface area contributed by atoms with Gasteiger partial charge in [0.25, 0.3) is 0 Å². The molecule has 0 radical (unpaired) electrons. The van der Waals surface area contributed by atoms with Gasteiger partial charge in [-0.3, -0.25) is 4.90 Å². The van der Waals surface area contributed by atoms with E-state index in [9.17, 15) is 0 Å². The van der Waals surface area contributed by atoms with Gasteiger partial charge in [0.2, 0.25) is 0 Å². The van der Waals surface area contributed by atoms with Crippen LogP contribution in [0.2, 0.25) is 0 Å². The number of rotatable bonds is 8. The normalized spacial score (nSPS) is 25.7. The molecule has 2 atom stereocenters. The zero-order chi connectivity index (χ0) is 14.3. The van der Waals surface area contributed by atoms with Crippen LogP contribution in [0.25, 0.3) is 0 Å². The molecule has 1 rings (SSSR count). The molecular weight excluding hydrogens is 302 g/mol. The quantitative estimate of drug-likeness (QED) is 0.607. The van der Waals surface area contributed by atoms with Gasteiger partial charge >= 0.3 is 0 Å². The van der Waals surface area contributed by atoms with Gasteiger partial charge in [-0.05, 0) is 31.6 Å². The van der Waals surface area contributed by atoms with Crippen molar-refractivity contribution in [1.29, 1.82) is 0 Å². The van der Waals surface area contributed by atoms with Gasteiger partial charge in [0.1, 0.15) is 0 Å². The second-order valence-corrected chi connectivity index (χ2v) is 6.83. The van der Waals surface area contributed by atoms with Crippen molar-refractivity contribution in [2.45, 2.75) is 71.9 Å². The predicted molar refractivity (Wildman–Crippen MR) is 87.1 cm³/mol. The van der Waals surface area contributed by atoms with Crippen LogP contribution in [0.5, 0.6) is 0 Å². The lowest BCUT2D eigenvalue weighted by molar-refractivity contribution is -0.0689. The van der Waals surface area contributed by atoms with Crippen molar-refractivity contribution >= 4 is 15.9 Å². The molecule has 0 spiro atoms. The van der Waals surface area contributed by atoms with Crippen LogP contribution in [0, 0.1) is 5.41 Å². The molecule has 3 heteroatoms. The summed E-state index contributed by atoms with van der Waals surface area (Å²) in [7, 11) is 0. The van der Waals surface area contributed by atoms with E-state index in [1.165, 1.54) is 38.6 Å². The average Bonchev–Trinajstić information content (AvgIpc) is 2.39. The molecule has 0 aromatic rings. The van der Waals surface area contributed by atoms with Gasteiger partial charge in [0, 0.05) is 24.5 Å². The van der Waals surface area contributed by atoms with Crippen LogP contribution >= 0.6 is 15.9 Å². The summed E-state index contributed by atoms with van der Waals surface area (Å²) in [5, 5.41) is 1.13. The van der Waals surface area contributed by atoms with E-state index >= 15 is 0 Å². The molecule has 114 valence electrons. The Bertz CT molecular complexity index is 241. The van der Waals surface area contributed by atoms with Gasteiger partial charge in [0.15, 0.2) is 0 Å². The highest BCUT2D eigenvalue weighted by Gasteiger charge is 2.34. The molecule has 1 aliphatic heterocycles. The number of hydrogen-bond acceptors (Lipinski definition) is 2. The molecule has 0 aromatic heterocycles. The molecule has 1 saturated heterocycles. The maximum Gasteiger partial charge on any atom is 0.0674 e. The number of halogens is 1. The highest BCUT2D eigenvalue weighted by Crippen LogP contribution is 2.34. The van der Waals surface area contributed by atoms with Gasteiger partial charge in [-0.25, -0.2) is 0 Å². The minimum absolute atomic E-state index is 0.388. The molecule has 0 aliphatic carbocycles. The monoisotopic (exact) mass is 333 g/mol. The number of alkyl halides is 1. The summed E-state index contributed by atoms with van der Waals surface area (Å²) in [5.41, 5.74) is 0.452. The minimum atomic E-state index is 0.388. The molecule has 19 heavy (non-hydrogen) atoms. The molecule has 0 amide bonds. The van der Waals surface area contributed by atoms with E-state index in [1.54, 1.807) is 0 Å². The van der Waals surface area contributed by atoms with E-state index in [2.05, 4.69) is 48.5 Å². The van der Waals surface area contributed by atoms with Gasteiger partial charge in [0.05, 0.1) is 12.7 Å². The van der Waals surface area contributed by atoms with Crippen LogP contribution in [0.4, 0.5) is 0 Å². The van der Waals surface area contributed by atoms with Crippen molar-refractivity contribution in [3.63, 3.8) is 0 Å². The summed E-state index contributed by atoms with van der Waals surface area (Å²) < 4.78 is 5.83. The number of nitrogens with zero attached hydrogens (tertiary/aromatic N) is 1. The molecule has 2 nitrogen and oxygen atoms in total. The Morgan fingerprint density at radius 2 is 1.84 bits per heavy atom. The van der Waals surface area contributed by atoms with Crippen LogP contribution in [0.3, 0.4) is 0 Å². The van der Waals surface area contributed by atoms with Crippen LogP contribution in [0.15, 0.2) is 0 Å². The molecule has 1 heterocycles. The SMILES string of the molecule is CCCC(CBr)(CCC)CN1CC(C)OCC1CC. The van der Waals surface area contributed by atoms with Crippen LogP contribution in [0.1, 0.15) is 59.8 Å². The summed E-state index contributed by atoms with van der Waals surface area (Å²) in [6.45, 7) is 12.3. The first-order valence-corrected chi connectivity index (χ1v) is 9.14. The lowest BCUT2D eigenvalue weighted by Crippen LogP contribution is -2.52. The van der Waals surface area contributed by atoms with Gasteiger partial charge in [-0.15, -0.1) is 0 Å². The third-order valence-corrected chi connectivity index (χ3v) is 5.62. The summed E-state index contributed by atoms with van der Waals surface area (Å²) in [4.78, 5) is 2.70. The lowest BCUT2D eigenvalue weighted by atomic mass is 9.80.